The van der Waals surface area contributed by atoms with Gasteiger partial charge >= 0.3 is 0 Å². The largest absolute Gasteiger partial charge is 0.457 e. The molecule has 0 N–H and O–H groups in total. The summed E-state index contributed by atoms with van der Waals surface area (Å²) >= 11 is 0. The first-order chi connectivity index (χ1) is 38.8. The molecule has 2 aromatic heterocycles. The first-order valence-electron chi connectivity index (χ1n) is 30.5. The summed E-state index contributed by atoms with van der Waals surface area (Å²) in [5, 5.41) is 1.91. The molecule has 3 aliphatic rings. The van der Waals surface area contributed by atoms with Crippen LogP contribution in [0.15, 0.2) is 182 Å². The van der Waals surface area contributed by atoms with Gasteiger partial charge in [-0.15, -0.1) is 0 Å². The van der Waals surface area contributed by atoms with E-state index < -0.39 is 78.6 Å². The van der Waals surface area contributed by atoms with Gasteiger partial charge < -0.3 is 14.5 Å². The third-order valence-corrected chi connectivity index (χ3v) is 14.9. The van der Waals surface area contributed by atoms with Gasteiger partial charge in [-0.25, -0.2) is 4.98 Å². The molecule has 1 saturated heterocycles. The van der Waals surface area contributed by atoms with Crippen molar-refractivity contribution in [1.82, 2.24) is 9.55 Å². The lowest BCUT2D eigenvalue weighted by molar-refractivity contribution is 0.220. The molecule has 67 heavy (non-hydrogen) atoms. The molecule has 2 aliphatic carbocycles. The van der Waals surface area contributed by atoms with Gasteiger partial charge in [-0.2, -0.15) is 0 Å². The minimum Gasteiger partial charge on any atom is -0.457 e. The highest BCUT2D eigenvalue weighted by Gasteiger charge is 2.62. The van der Waals surface area contributed by atoms with E-state index in [-0.39, 0.29) is 70.7 Å². The normalized spacial score (nSPS) is 24.2. The number of nitrogens with zero attached hydrogens (tertiary/aromatic N) is 4. The molecule has 5 nitrogen and oxygen atoms in total. The molecule has 3 heterocycles. The second-order valence-electron chi connectivity index (χ2n) is 19.5. The molecule has 4 unspecified atom stereocenters. The second kappa shape index (κ2) is 16.0. The van der Waals surface area contributed by atoms with Gasteiger partial charge in [-0.3, -0.25) is 4.57 Å². The molecule has 0 spiro atoms. The van der Waals surface area contributed by atoms with Gasteiger partial charge in [0.05, 0.1) is 56.0 Å². The van der Waals surface area contributed by atoms with Crippen molar-refractivity contribution in [2.24, 2.45) is 23.7 Å². The predicted octanol–water partition coefficient (Wildman–Crippen LogP) is 15.5. The number of benzene rings is 7. The number of pyridine rings is 1. The van der Waals surface area contributed by atoms with Crippen LogP contribution in [0.3, 0.4) is 0 Å². The molecule has 9 aromatic rings. The van der Waals surface area contributed by atoms with E-state index in [1.807, 2.05) is 72.2 Å². The fourth-order valence-electron chi connectivity index (χ4n) is 11.6. The van der Waals surface area contributed by atoms with E-state index in [9.17, 15) is 5.48 Å². The van der Waals surface area contributed by atoms with Crippen LogP contribution in [0.4, 0.5) is 11.4 Å². The lowest BCUT2D eigenvalue weighted by Gasteiger charge is -2.40. The number of rotatable bonds is 8. The number of para-hydroxylation sites is 2. The highest BCUT2D eigenvalue weighted by Crippen LogP contribution is 2.60. The second-order valence-corrected chi connectivity index (χ2v) is 19.5. The number of anilines is 2. The van der Waals surface area contributed by atoms with Gasteiger partial charge in [0.25, 0.3) is 0 Å². The third kappa shape index (κ3) is 6.93. The lowest BCUT2D eigenvalue weighted by atomic mass is 9.75. The lowest BCUT2D eigenvalue weighted by Crippen LogP contribution is -2.47. The van der Waals surface area contributed by atoms with Crippen LogP contribution in [0, 0.1) is 30.6 Å². The summed E-state index contributed by atoms with van der Waals surface area (Å²) in [6, 6.07) is 20.1. The summed E-state index contributed by atoms with van der Waals surface area (Å²) in [7, 11) is 0. The van der Waals surface area contributed by atoms with Crippen molar-refractivity contribution in [3.05, 3.63) is 193 Å². The molecule has 5 heteroatoms. The van der Waals surface area contributed by atoms with Crippen LogP contribution in [0.2, 0.25) is 0 Å². The molecule has 6 atom stereocenters. The molecule has 2 bridgehead atoms. The van der Waals surface area contributed by atoms with Crippen molar-refractivity contribution < 1.29 is 25.3 Å². The summed E-state index contributed by atoms with van der Waals surface area (Å²) < 4.78 is 140. The van der Waals surface area contributed by atoms with Gasteiger partial charge in [0, 0.05) is 51.5 Å². The van der Waals surface area contributed by atoms with Crippen molar-refractivity contribution >= 4 is 33.2 Å². The summed E-state index contributed by atoms with van der Waals surface area (Å²) in [6.07, 6.45) is 2.46. The maximum atomic E-state index is 9.26. The van der Waals surface area contributed by atoms with Gasteiger partial charge in [0.15, 0.2) is 0 Å². The topological polar surface area (TPSA) is 33.5 Å². The molecule has 7 aromatic carbocycles. The molecule has 3 fully saturated rings. The Balaban J connectivity index is 1.01. The Morgan fingerprint density at radius 2 is 1.19 bits per heavy atom. The molecule has 0 amide bonds. The minimum absolute atomic E-state index is 0.0486. The molecular formula is C62H58N4O. The summed E-state index contributed by atoms with van der Waals surface area (Å²) in [6.45, 7) is 13.1. The first kappa shape index (κ1) is 28.2. The number of hydrogen-bond donors (Lipinski definition) is 0. The number of ether oxygens (including phenoxy) is 1. The van der Waals surface area contributed by atoms with Crippen molar-refractivity contribution in [2.45, 2.75) is 65.5 Å². The van der Waals surface area contributed by atoms with E-state index in [0.29, 0.717) is 51.2 Å². The van der Waals surface area contributed by atoms with E-state index in [4.69, 9.17) is 24.8 Å². The van der Waals surface area contributed by atoms with E-state index in [1.54, 1.807) is 24.4 Å². The van der Waals surface area contributed by atoms with Crippen LogP contribution < -0.4 is 14.5 Å². The molecule has 1 aliphatic heterocycles. The monoisotopic (exact) mass is 890 g/mol. The van der Waals surface area contributed by atoms with Crippen molar-refractivity contribution in [1.29, 1.82) is 0 Å². The van der Waals surface area contributed by atoms with Gasteiger partial charge in [0.1, 0.15) is 17.3 Å². The van der Waals surface area contributed by atoms with Crippen molar-refractivity contribution in [3.8, 4) is 50.7 Å². The summed E-state index contributed by atoms with van der Waals surface area (Å²) in [5.74, 6) is 2.61. The number of hydrogen-bond acceptors (Lipinski definition) is 4. The molecule has 2 saturated carbocycles. The standard InChI is InChI=1S/C62H58N4O/c1-39-31-58(63-37-55(39)44-23-14-9-15-24-44)66-56-28-17-16-25-51(56)52-30-29-47(35-57(52)66)67-48-33-45(62(4,5)6)32-46(34-48)64-38-65(61-54-36-53(60(61)64)40(2)41(54)3)59-49(42-19-10-7-11-20-42)26-18-27-50(59)43-21-12-8-13-22-43/h7-35,37,40-41,53-54,60-61H,36,38H2,1-6H3/t40?,41?,53-,54?,60-,61?/m0/s1/i7D,8D,9D,10D,11D,12D,13D,14D,15D,19D,20D,21D,22D,23D,24D. The van der Waals surface area contributed by atoms with E-state index in [0.717, 1.165) is 39.5 Å². The molecular weight excluding hydrogens is 817 g/mol. The Morgan fingerprint density at radius 1 is 0.597 bits per heavy atom. The SMILES string of the molecule is [2H]c1c([2H])c([2H])c(-c2cnc(-n3c4ccccc4c4ccc(Oc5cc(N6CN(c7c(-c8c([2H])c([2H])c([2H])c([2H])c8[2H])cccc7-c7c([2H])c([2H])c([2H])c([2H])c7[2H])C7C8C[C@@H](C(C)C8C)[C@@H]76)cc(C(C)(C)C)c5)cc43)cc2C)c([2H])c1[2H]. The van der Waals surface area contributed by atoms with Gasteiger partial charge in [-0.05, 0) is 107 Å². The zero-order chi connectivity index (χ0) is 58.6. The Hall–Kier alpha value is -7.11. The number of aromatic nitrogens is 2. The minimum atomic E-state index is -0.542. The fraction of sp³-hybridized carbons (Fsp3) is 0.242. The van der Waals surface area contributed by atoms with Crippen molar-refractivity contribution in [2.75, 3.05) is 16.5 Å². The van der Waals surface area contributed by atoms with Crippen molar-refractivity contribution in [3.63, 3.8) is 0 Å². The quantitative estimate of drug-likeness (QED) is 0.152. The van der Waals surface area contributed by atoms with E-state index >= 15 is 0 Å². The number of fused-ring (bicyclic) bond motifs is 8. The third-order valence-electron chi connectivity index (χ3n) is 14.9. The Bertz CT molecular complexity index is 4040. The van der Waals surface area contributed by atoms with Crippen LogP contribution in [-0.4, -0.2) is 28.3 Å². The average molecular weight is 890 g/mol. The fourth-order valence-corrected chi connectivity index (χ4v) is 11.6. The summed E-state index contributed by atoms with van der Waals surface area (Å²) in [5.41, 5.74) is 5.24. The first-order valence-corrected chi connectivity index (χ1v) is 23.0. The average Bonchev–Trinajstić information content (AvgIpc) is 3.17. The molecule has 12 rings (SSSR count). The smallest absolute Gasteiger partial charge is 0.137 e. The van der Waals surface area contributed by atoms with E-state index in [1.165, 1.54) is 0 Å². The Kier molecular flexibility index (Phi) is 6.74. The van der Waals surface area contributed by atoms with E-state index in [2.05, 4.69) is 50.5 Å². The molecule has 0 radical (unpaired) electrons. The highest BCUT2D eigenvalue weighted by molar-refractivity contribution is 6.09. The zero-order valence-corrected chi connectivity index (χ0v) is 38.2. The number of aryl methyl sites for hydroxylation is 1. The zero-order valence-electron chi connectivity index (χ0n) is 53.2. The van der Waals surface area contributed by atoms with Crippen LogP contribution >= 0.6 is 0 Å². The van der Waals surface area contributed by atoms with Gasteiger partial charge in [0.2, 0.25) is 0 Å². The van der Waals surface area contributed by atoms with Crippen LogP contribution in [0.1, 0.15) is 72.7 Å². The maximum absolute atomic E-state index is 9.26. The predicted molar refractivity (Wildman–Crippen MR) is 279 cm³/mol. The molecule has 332 valence electrons. The summed E-state index contributed by atoms with van der Waals surface area (Å²) in [4.78, 5) is 9.48. The Labute approximate surface area is 416 Å². The Morgan fingerprint density at radius 3 is 1.82 bits per heavy atom. The maximum Gasteiger partial charge on any atom is 0.137 e. The van der Waals surface area contributed by atoms with Crippen LogP contribution in [0.25, 0.3) is 61.0 Å². The van der Waals surface area contributed by atoms with Crippen LogP contribution in [-0.2, 0) is 5.41 Å². The van der Waals surface area contributed by atoms with Gasteiger partial charge in [-0.1, -0.05) is 162 Å². The highest BCUT2D eigenvalue weighted by atomic mass is 16.5. The van der Waals surface area contributed by atoms with Crippen LogP contribution in [0.5, 0.6) is 11.5 Å².